The Labute approximate surface area is 248 Å². The largest absolute Gasteiger partial charge is 0.324 e. The van der Waals surface area contributed by atoms with Crippen molar-refractivity contribution in [1.82, 2.24) is 29.1 Å². The monoisotopic (exact) mass is 556 g/mol. The van der Waals surface area contributed by atoms with Gasteiger partial charge in [-0.25, -0.2) is 9.97 Å². The molecule has 0 aliphatic rings. The number of imidazole rings is 2. The Bertz CT molecular complexity index is 1610. The van der Waals surface area contributed by atoms with Gasteiger partial charge in [-0.1, -0.05) is 76.6 Å². The molecule has 6 aromatic rings. The lowest BCUT2D eigenvalue weighted by Crippen LogP contribution is -2.02. The standard InChI is InChI=1S/C36H40N6/c1-3-5-7-13-23-41-33-17-11-9-15-31(33)39-35(41)27-19-21-29(37-25-27)30-22-20-28(26-38-30)36-40-32-16-10-12-18-34(32)42(36)24-14-8-6-4-2/h9-12,15-22,25-26H,3-8,13-14,23-24H2,1-2H3. The summed E-state index contributed by atoms with van der Waals surface area (Å²) in [6.45, 7) is 6.42. The number of benzene rings is 2. The Kier molecular flexibility index (Phi) is 8.69. The second-order valence-electron chi connectivity index (χ2n) is 11.1. The van der Waals surface area contributed by atoms with E-state index in [1.54, 1.807) is 0 Å². The molecule has 0 spiro atoms. The van der Waals surface area contributed by atoms with E-state index in [1.165, 1.54) is 49.6 Å². The number of rotatable bonds is 13. The average Bonchev–Trinajstić information content (AvgIpc) is 3.60. The number of unbranched alkanes of at least 4 members (excludes halogenated alkanes) is 6. The van der Waals surface area contributed by atoms with Gasteiger partial charge in [-0.2, -0.15) is 0 Å². The summed E-state index contributed by atoms with van der Waals surface area (Å²) in [4.78, 5) is 19.6. The van der Waals surface area contributed by atoms with Gasteiger partial charge in [0, 0.05) is 36.6 Å². The minimum atomic E-state index is 0.851. The van der Waals surface area contributed by atoms with Crippen molar-refractivity contribution in [3.8, 4) is 34.2 Å². The van der Waals surface area contributed by atoms with Crippen molar-refractivity contribution >= 4 is 22.1 Å². The lowest BCUT2D eigenvalue weighted by molar-refractivity contribution is 0.594. The summed E-state index contributed by atoms with van der Waals surface area (Å²) in [5.41, 5.74) is 8.18. The first-order valence-corrected chi connectivity index (χ1v) is 15.6. The van der Waals surface area contributed by atoms with Crippen LogP contribution in [-0.4, -0.2) is 29.1 Å². The molecule has 0 N–H and O–H groups in total. The van der Waals surface area contributed by atoms with Crippen molar-refractivity contribution < 1.29 is 0 Å². The quantitative estimate of drug-likeness (QED) is 0.133. The first kappa shape index (κ1) is 27.8. The van der Waals surface area contributed by atoms with Gasteiger partial charge in [-0.15, -0.1) is 0 Å². The van der Waals surface area contributed by atoms with Crippen LogP contribution in [0.1, 0.15) is 65.2 Å². The molecule has 4 aromatic heterocycles. The second-order valence-corrected chi connectivity index (χ2v) is 11.1. The van der Waals surface area contributed by atoms with E-state index in [0.717, 1.165) is 71.1 Å². The van der Waals surface area contributed by atoms with Crippen molar-refractivity contribution in [2.75, 3.05) is 0 Å². The maximum atomic E-state index is 4.99. The van der Waals surface area contributed by atoms with Crippen LogP contribution in [0.15, 0.2) is 85.2 Å². The Morgan fingerprint density at radius 2 is 0.952 bits per heavy atom. The first-order valence-electron chi connectivity index (χ1n) is 15.6. The van der Waals surface area contributed by atoms with Gasteiger partial charge in [-0.05, 0) is 61.4 Å². The molecule has 0 saturated heterocycles. The van der Waals surface area contributed by atoms with Gasteiger partial charge in [0.15, 0.2) is 0 Å². The zero-order valence-corrected chi connectivity index (χ0v) is 24.8. The number of aromatic nitrogens is 6. The van der Waals surface area contributed by atoms with E-state index >= 15 is 0 Å². The van der Waals surface area contributed by atoms with Gasteiger partial charge in [0.25, 0.3) is 0 Å². The molecule has 4 heterocycles. The third kappa shape index (κ3) is 5.85. The van der Waals surface area contributed by atoms with Crippen molar-refractivity contribution in [2.24, 2.45) is 0 Å². The van der Waals surface area contributed by atoms with Crippen LogP contribution in [0.25, 0.3) is 56.2 Å². The summed E-state index contributed by atoms with van der Waals surface area (Å²) >= 11 is 0. The van der Waals surface area contributed by atoms with Crippen LogP contribution in [0.4, 0.5) is 0 Å². The number of pyridine rings is 2. The van der Waals surface area contributed by atoms with Gasteiger partial charge in [0.1, 0.15) is 11.6 Å². The first-order chi connectivity index (χ1) is 20.8. The Hall–Kier alpha value is -4.32. The normalized spacial score (nSPS) is 11.6. The highest BCUT2D eigenvalue weighted by molar-refractivity contribution is 5.82. The molecule has 6 rings (SSSR count). The Morgan fingerprint density at radius 3 is 1.36 bits per heavy atom. The lowest BCUT2D eigenvalue weighted by Gasteiger charge is -2.10. The third-order valence-electron chi connectivity index (χ3n) is 8.09. The summed E-state index contributed by atoms with van der Waals surface area (Å²) in [5.74, 6) is 1.96. The predicted octanol–water partition coefficient (Wildman–Crippen LogP) is 9.34. The summed E-state index contributed by atoms with van der Waals surface area (Å²) in [6.07, 6.45) is 13.6. The Morgan fingerprint density at radius 1 is 0.500 bits per heavy atom. The maximum Gasteiger partial charge on any atom is 0.142 e. The van der Waals surface area contributed by atoms with E-state index in [0.29, 0.717) is 0 Å². The minimum absolute atomic E-state index is 0.851. The van der Waals surface area contributed by atoms with Crippen LogP contribution in [-0.2, 0) is 13.1 Å². The second kappa shape index (κ2) is 13.1. The van der Waals surface area contributed by atoms with E-state index in [4.69, 9.17) is 19.9 Å². The number of aryl methyl sites for hydroxylation is 2. The van der Waals surface area contributed by atoms with Crippen LogP contribution in [0.3, 0.4) is 0 Å². The Balaban J connectivity index is 1.25. The van der Waals surface area contributed by atoms with Crippen LogP contribution in [0.5, 0.6) is 0 Å². The zero-order chi connectivity index (χ0) is 28.7. The number of fused-ring (bicyclic) bond motifs is 2. The fourth-order valence-corrected chi connectivity index (χ4v) is 5.79. The number of para-hydroxylation sites is 4. The molecule has 6 heteroatoms. The summed E-state index contributed by atoms with van der Waals surface area (Å²) in [6, 6.07) is 25.2. The smallest absolute Gasteiger partial charge is 0.142 e. The van der Waals surface area contributed by atoms with Crippen LogP contribution in [0.2, 0.25) is 0 Å². The topological polar surface area (TPSA) is 61.4 Å². The molecule has 0 saturated carbocycles. The SMILES string of the molecule is CCCCCCn1c(-c2ccc(-c3ccc(-c4nc5ccccc5n4CCCCCC)cn3)nc2)nc2ccccc21. The molecule has 42 heavy (non-hydrogen) atoms. The molecule has 2 aromatic carbocycles. The van der Waals surface area contributed by atoms with Crippen LogP contribution < -0.4 is 0 Å². The van der Waals surface area contributed by atoms with Gasteiger partial charge in [0.05, 0.1) is 33.5 Å². The van der Waals surface area contributed by atoms with Crippen molar-refractivity contribution in [1.29, 1.82) is 0 Å². The maximum absolute atomic E-state index is 4.99. The third-order valence-corrected chi connectivity index (χ3v) is 8.09. The number of hydrogen-bond donors (Lipinski definition) is 0. The minimum Gasteiger partial charge on any atom is -0.324 e. The van der Waals surface area contributed by atoms with Gasteiger partial charge in [-0.3, -0.25) is 9.97 Å². The zero-order valence-electron chi connectivity index (χ0n) is 24.8. The summed E-state index contributed by atoms with van der Waals surface area (Å²) in [7, 11) is 0. The van der Waals surface area contributed by atoms with E-state index in [1.807, 2.05) is 12.4 Å². The van der Waals surface area contributed by atoms with Gasteiger partial charge in [0.2, 0.25) is 0 Å². The molecular weight excluding hydrogens is 516 g/mol. The van der Waals surface area contributed by atoms with E-state index in [9.17, 15) is 0 Å². The van der Waals surface area contributed by atoms with E-state index < -0.39 is 0 Å². The van der Waals surface area contributed by atoms with Gasteiger partial charge < -0.3 is 9.13 Å². The number of hydrogen-bond acceptors (Lipinski definition) is 4. The van der Waals surface area contributed by atoms with E-state index in [2.05, 4.69) is 95.8 Å². The molecule has 6 nitrogen and oxygen atoms in total. The fourth-order valence-electron chi connectivity index (χ4n) is 5.79. The molecule has 0 radical (unpaired) electrons. The van der Waals surface area contributed by atoms with Crippen molar-refractivity contribution in [2.45, 2.75) is 78.3 Å². The van der Waals surface area contributed by atoms with Crippen molar-refractivity contribution in [3.05, 3.63) is 85.2 Å². The molecular formula is C36H40N6. The van der Waals surface area contributed by atoms with Crippen LogP contribution in [0, 0.1) is 0 Å². The summed E-state index contributed by atoms with van der Waals surface area (Å²) < 4.78 is 4.70. The van der Waals surface area contributed by atoms with Crippen LogP contribution >= 0.6 is 0 Å². The molecule has 0 aliphatic heterocycles. The molecule has 0 amide bonds. The molecule has 0 unspecified atom stereocenters. The van der Waals surface area contributed by atoms with Gasteiger partial charge >= 0.3 is 0 Å². The molecule has 0 fully saturated rings. The molecule has 214 valence electrons. The average molecular weight is 557 g/mol. The molecule has 0 bridgehead atoms. The molecule has 0 aliphatic carbocycles. The lowest BCUT2D eigenvalue weighted by atomic mass is 10.1. The number of nitrogens with zero attached hydrogens (tertiary/aromatic N) is 6. The summed E-state index contributed by atoms with van der Waals surface area (Å²) in [5, 5.41) is 0. The highest BCUT2D eigenvalue weighted by Crippen LogP contribution is 2.29. The fraction of sp³-hybridized carbons (Fsp3) is 0.333. The highest BCUT2D eigenvalue weighted by Gasteiger charge is 2.15. The highest BCUT2D eigenvalue weighted by atomic mass is 15.1. The molecule has 0 atom stereocenters. The predicted molar refractivity (Wildman–Crippen MR) is 173 cm³/mol. The van der Waals surface area contributed by atoms with Crippen molar-refractivity contribution in [3.63, 3.8) is 0 Å². The van der Waals surface area contributed by atoms with E-state index in [-0.39, 0.29) is 0 Å².